The Balaban J connectivity index is 1.20. The van der Waals surface area contributed by atoms with Gasteiger partial charge >= 0.3 is 0 Å². The average molecular weight is 445 g/mol. The second-order valence-corrected chi connectivity index (χ2v) is 8.61. The number of hydrogen-bond acceptors (Lipinski definition) is 3. The van der Waals surface area contributed by atoms with Gasteiger partial charge < -0.3 is 4.90 Å². The molecule has 0 amide bonds. The normalized spacial score (nSPS) is 14.8. The van der Waals surface area contributed by atoms with Gasteiger partial charge in [-0.1, -0.05) is 30.3 Å². The molecular weight excluding hydrogens is 415 g/mol. The lowest BCUT2D eigenvalue weighted by Crippen LogP contribution is -2.46. The van der Waals surface area contributed by atoms with Crippen molar-refractivity contribution in [3.8, 4) is 5.69 Å². The summed E-state index contributed by atoms with van der Waals surface area (Å²) in [7, 11) is 0. The van der Waals surface area contributed by atoms with Crippen LogP contribution in [-0.4, -0.2) is 47.0 Å². The number of rotatable bonds is 7. The average Bonchev–Trinajstić information content (AvgIpc) is 3.15. The number of hydrogen-bond donors (Lipinski definition) is 0. The van der Waals surface area contributed by atoms with Crippen LogP contribution in [0.2, 0.25) is 0 Å². The Labute approximate surface area is 193 Å². The minimum absolute atomic E-state index is 0.0716. The van der Waals surface area contributed by atoms with Crippen LogP contribution in [0.4, 0.5) is 10.1 Å². The molecule has 0 saturated carbocycles. The number of para-hydroxylation sites is 2. The third kappa shape index (κ3) is 4.57. The number of anilines is 1. The molecule has 5 rings (SSSR count). The molecule has 0 spiro atoms. The molecule has 0 unspecified atom stereocenters. The van der Waals surface area contributed by atoms with Crippen LogP contribution < -0.4 is 10.5 Å². The lowest BCUT2D eigenvalue weighted by Gasteiger charge is -2.36. The molecule has 0 aliphatic carbocycles. The molecule has 1 aliphatic rings. The van der Waals surface area contributed by atoms with E-state index in [0.29, 0.717) is 6.54 Å². The van der Waals surface area contributed by atoms with E-state index < -0.39 is 0 Å². The Morgan fingerprint density at radius 2 is 1.36 bits per heavy atom. The highest BCUT2D eigenvalue weighted by molar-refractivity contribution is 5.80. The van der Waals surface area contributed by atoms with E-state index in [1.54, 1.807) is 0 Å². The summed E-state index contributed by atoms with van der Waals surface area (Å²) >= 11 is 0. The molecule has 6 heteroatoms. The van der Waals surface area contributed by atoms with E-state index in [4.69, 9.17) is 0 Å². The van der Waals surface area contributed by atoms with Gasteiger partial charge in [0.05, 0.1) is 16.6 Å². The molecule has 1 aromatic heterocycles. The zero-order valence-corrected chi connectivity index (χ0v) is 18.7. The summed E-state index contributed by atoms with van der Waals surface area (Å²) in [6.07, 6.45) is 1.99. The molecule has 170 valence electrons. The lowest BCUT2D eigenvalue weighted by molar-refractivity contribution is 0.250. The summed E-state index contributed by atoms with van der Waals surface area (Å²) in [4.78, 5) is 17.9. The van der Waals surface area contributed by atoms with Crippen molar-refractivity contribution in [3.63, 3.8) is 0 Å². The molecule has 0 atom stereocenters. The van der Waals surface area contributed by atoms with Crippen LogP contribution in [0, 0.1) is 5.82 Å². The monoisotopic (exact) mass is 444 g/mol. The van der Waals surface area contributed by atoms with Crippen molar-refractivity contribution in [2.45, 2.75) is 19.4 Å². The number of piperazine rings is 1. The van der Waals surface area contributed by atoms with Crippen LogP contribution in [0.3, 0.4) is 0 Å². The van der Waals surface area contributed by atoms with Gasteiger partial charge in [-0.15, -0.1) is 0 Å². The van der Waals surface area contributed by atoms with Gasteiger partial charge in [0, 0.05) is 38.4 Å². The van der Waals surface area contributed by atoms with Crippen molar-refractivity contribution >= 4 is 16.6 Å². The highest BCUT2D eigenvalue weighted by atomic mass is 19.1. The van der Waals surface area contributed by atoms with E-state index in [0.717, 1.165) is 67.8 Å². The first kappa shape index (κ1) is 21.5. The van der Waals surface area contributed by atoms with Crippen molar-refractivity contribution in [1.82, 2.24) is 14.3 Å². The Hall–Kier alpha value is -3.38. The minimum atomic E-state index is -0.192. The fourth-order valence-electron chi connectivity index (χ4n) is 4.73. The molecular formula is C27H29FN4O. The molecule has 4 aromatic rings. The Kier molecular flexibility index (Phi) is 6.26. The van der Waals surface area contributed by atoms with Gasteiger partial charge in [0.25, 0.3) is 5.56 Å². The van der Waals surface area contributed by atoms with Crippen LogP contribution in [0.5, 0.6) is 0 Å². The Morgan fingerprint density at radius 1 is 0.697 bits per heavy atom. The van der Waals surface area contributed by atoms with Crippen LogP contribution in [-0.2, 0) is 6.54 Å². The highest BCUT2D eigenvalue weighted by Crippen LogP contribution is 2.19. The van der Waals surface area contributed by atoms with Gasteiger partial charge in [-0.05, 0) is 67.9 Å². The maximum Gasteiger partial charge on any atom is 0.274 e. The van der Waals surface area contributed by atoms with E-state index in [1.807, 2.05) is 71.4 Å². The molecule has 33 heavy (non-hydrogen) atoms. The van der Waals surface area contributed by atoms with Gasteiger partial charge in [-0.3, -0.25) is 14.4 Å². The van der Waals surface area contributed by atoms with Gasteiger partial charge in [0.1, 0.15) is 5.82 Å². The summed E-state index contributed by atoms with van der Waals surface area (Å²) < 4.78 is 17.1. The first-order valence-electron chi connectivity index (χ1n) is 11.7. The molecule has 1 saturated heterocycles. The third-order valence-corrected chi connectivity index (χ3v) is 6.50. The van der Waals surface area contributed by atoms with Crippen LogP contribution in [0.25, 0.3) is 16.6 Å². The topological polar surface area (TPSA) is 33.4 Å². The molecule has 0 radical (unpaired) electrons. The van der Waals surface area contributed by atoms with Crippen LogP contribution in [0.15, 0.2) is 83.7 Å². The SMILES string of the molecule is O=c1c2ccccc2n(-c2ccccc2)n1CCCCN1CCN(c2ccc(F)cc2)CC1. The summed E-state index contributed by atoms with van der Waals surface area (Å²) in [5.74, 6) is -0.192. The standard InChI is InChI=1S/C27H29FN4O/c28-22-12-14-23(15-13-22)30-20-18-29(19-21-30)16-6-7-17-31-27(33)25-10-4-5-11-26(25)32(31)24-8-2-1-3-9-24/h1-5,8-15H,6-7,16-21H2. The predicted molar refractivity (Wildman–Crippen MR) is 132 cm³/mol. The Bertz CT molecular complexity index is 1260. The molecule has 2 heterocycles. The van der Waals surface area contributed by atoms with Crippen molar-refractivity contribution in [2.75, 3.05) is 37.6 Å². The second kappa shape index (κ2) is 9.63. The minimum Gasteiger partial charge on any atom is -0.369 e. The number of nitrogens with zero attached hydrogens (tertiary/aromatic N) is 4. The summed E-state index contributed by atoms with van der Waals surface area (Å²) in [6, 6.07) is 24.7. The molecule has 3 aromatic carbocycles. The van der Waals surface area contributed by atoms with Gasteiger partial charge in [-0.2, -0.15) is 0 Å². The van der Waals surface area contributed by atoms with Crippen molar-refractivity contribution in [2.24, 2.45) is 0 Å². The molecule has 1 fully saturated rings. The molecule has 5 nitrogen and oxygen atoms in total. The zero-order chi connectivity index (χ0) is 22.6. The van der Waals surface area contributed by atoms with Gasteiger partial charge in [-0.25, -0.2) is 9.07 Å². The lowest BCUT2D eigenvalue weighted by atomic mass is 10.2. The van der Waals surface area contributed by atoms with E-state index in [1.165, 1.54) is 12.1 Å². The first-order chi connectivity index (χ1) is 16.2. The Morgan fingerprint density at radius 3 is 2.12 bits per heavy atom. The fraction of sp³-hybridized carbons (Fsp3) is 0.296. The number of unbranched alkanes of at least 4 members (excludes halogenated alkanes) is 1. The van der Waals surface area contributed by atoms with Gasteiger partial charge in [0.2, 0.25) is 0 Å². The quantitative estimate of drug-likeness (QED) is 0.393. The van der Waals surface area contributed by atoms with E-state index in [2.05, 4.69) is 14.5 Å². The predicted octanol–water partition coefficient (Wildman–Crippen LogP) is 4.53. The highest BCUT2D eigenvalue weighted by Gasteiger charge is 2.17. The van der Waals surface area contributed by atoms with E-state index >= 15 is 0 Å². The fourth-order valence-corrected chi connectivity index (χ4v) is 4.73. The molecule has 1 aliphatic heterocycles. The largest absolute Gasteiger partial charge is 0.369 e. The zero-order valence-electron chi connectivity index (χ0n) is 18.7. The van der Waals surface area contributed by atoms with Gasteiger partial charge in [0.15, 0.2) is 0 Å². The van der Waals surface area contributed by atoms with Crippen LogP contribution in [0.1, 0.15) is 12.8 Å². The number of benzene rings is 3. The number of aromatic nitrogens is 2. The maximum atomic E-state index is 13.2. The number of halogens is 1. The molecule has 0 N–H and O–H groups in total. The van der Waals surface area contributed by atoms with Crippen molar-refractivity contribution in [1.29, 1.82) is 0 Å². The van der Waals surface area contributed by atoms with Crippen molar-refractivity contribution in [3.05, 3.63) is 95.0 Å². The third-order valence-electron chi connectivity index (χ3n) is 6.50. The molecule has 0 bridgehead atoms. The van der Waals surface area contributed by atoms with Crippen molar-refractivity contribution < 1.29 is 4.39 Å². The maximum absolute atomic E-state index is 13.2. The van der Waals surface area contributed by atoms with E-state index in [9.17, 15) is 9.18 Å². The van der Waals surface area contributed by atoms with E-state index in [-0.39, 0.29) is 11.4 Å². The first-order valence-corrected chi connectivity index (χ1v) is 11.7. The number of fused-ring (bicyclic) bond motifs is 1. The van der Waals surface area contributed by atoms with Crippen LogP contribution >= 0.6 is 0 Å². The summed E-state index contributed by atoms with van der Waals surface area (Å²) in [6.45, 7) is 5.62. The smallest absolute Gasteiger partial charge is 0.274 e. The summed E-state index contributed by atoms with van der Waals surface area (Å²) in [5, 5.41) is 0.762. The summed E-state index contributed by atoms with van der Waals surface area (Å²) in [5.41, 5.74) is 3.12. The second-order valence-electron chi connectivity index (χ2n) is 8.61.